The molecule has 78 valence electrons. The number of nitrogens with zero attached hydrogens (tertiary/aromatic N) is 1. The maximum atomic E-state index is 11.6. The van der Waals surface area contributed by atoms with E-state index in [0.29, 0.717) is 11.8 Å². The molecular formula is C9H19NO2S. The average Bonchev–Trinajstić information content (AvgIpc) is 1.80. The van der Waals surface area contributed by atoms with E-state index < -0.39 is 10.0 Å². The van der Waals surface area contributed by atoms with Crippen molar-refractivity contribution in [2.75, 3.05) is 13.1 Å². The van der Waals surface area contributed by atoms with Crippen molar-refractivity contribution in [3.8, 4) is 0 Å². The zero-order chi connectivity index (χ0) is 10.2. The Morgan fingerprint density at radius 3 is 1.92 bits per heavy atom. The number of hydrogen-bond donors (Lipinski definition) is 0. The van der Waals surface area contributed by atoms with Crippen LogP contribution in [0.1, 0.15) is 27.7 Å². The van der Waals surface area contributed by atoms with Crippen molar-refractivity contribution in [2.45, 2.75) is 32.9 Å². The Labute approximate surface area is 81.2 Å². The zero-order valence-electron chi connectivity index (χ0n) is 8.82. The second kappa shape index (κ2) is 3.58. The van der Waals surface area contributed by atoms with E-state index in [1.807, 2.05) is 0 Å². The molecule has 1 aliphatic rings. The summed E-state index contributed by atoms with van der Waals surface area (Å²) < 4.78 is 24.8. The fourth-order valence-corrected chi connectivity index (χ4v) is 2.79. The normalized spacial score (nSPS) is 21.1. The van der Waals surface area contributed by atoms with Crippen molar-refractivity contribution >= 4 is 10.0 Å². The van der Waals surface area contributed by atoms with Crippen LogP contribution in [0.3, 0.4) is 0 Å². The van der Waals surface area contributed by atoms with Gasteiger partial charge in [0.1, 0.15) is 0 Å². The SMILES string of the molecule is CC(C)C1CN(S(=O)(=O)C(C)C)C1. The van der Waals surface area contributed by atoms with Crippen molar-refractivity contribution in [1.29, 1.82) is 0 Å². The van der Waals surface area contributed by atoms with E-state index in [9.17, 15) is 8.42 Å². The van der Waals surface area contributed by atoms with E-state index in [0.717, 1.165) is 13.1 Å². The monoisotopic (exact) mass is 205 g/mol. The highest BCUT2D eigenvalue weighted by atomic mass is 32.2. The van der Waals surface area contributed by atoms with Crippen LogP contribution in [0.2, 0.25) is 0 Å². The molecular weight excluding hydrogens is 186 g/mol. The Morgan fingerprint density at radius 1 is 1.15 bits per heavy atom. The number of rotatable bonds is 3. The third-order valence-corrected chi connectivity index (χ3v) is 4.98. The predicted molar refractivity (Wildman–Crippen MR) is 54.0 cm³/mol. The van der Waals surface area contributed by atoms with Crippen molar-refractivity contribution in [3.05, 3.63) is 0 Å². The molecule has 0 unspecified atom stereocenters. The molecule has 1 fully saturated rings. The van der Waals surface area contributed by atoms with Gasteiger partial charge in [0, 0.05) is 13.1 Å². The molecule has 0 aromatic rings. The molecule has 13 heavy (non-hydrogen) atoms. The van der Waals surface area contributed by atoms with Crippen molar-refractivity contribution < 1.29 is 8.42 Å². The third kappa shape index (κ3) is 2.05. The van der Waals surface area contributed by atoms with Gasteiger partial charge in [-0.05, 0) is 25.7 Å². The van der Waals surface area contributed by atoms with E-state index in [1.165, 1.54) is 0 Å². The Balaban J connectivity index is 2.53. The van der Waals surface area contributed by atoms with Crippen LogP contribution < -0.4 is 0 Å². The Bertz CT molecular complexity index is 263. The predicted octanol–water partition coefficient (Wildman–Crippen LogP) is 1.31. The topological polar surface area (TPSA) is 37.4 Å². The van der Waals surface area contributed by atoms with Gasteiger partial charge in [0.05, 0.1) is 5.25 Å². The number of hydrogen-bond acceptors (Lipinski definition) is 2. The van der Waals surface area contributed by atoms with Gasteiger partial charge in [0.15, 0.2) is 0 Å². The molecule has 1 aliphatic heterocycles. The van der Waals surface area contributed by atoms with Crippen LogP contribution in [0.15, 0.2) is 0 Å². The number of sulfonamides is 1. The first-order chi connectivity index (χ1) is 5.85. The summed E-state index contributed by atoms with van der Waals surface area (Å²) in [6.07, 6.45) is 0. The lowest BCUT2D eigenvalue weighted by Crippen LogP contribution is -2.53. The minimum absolute atomic E-state index is 0.277. The van der Waals surface area contributed by atoms with E-state index in [1.54, 1.807) is 18.2 Å². The highest BCUT2D eigenvalue weighted by molar-refractivity contribution is 7.89. The first-order valence-electron chi connectivity index (χ1n) is 4.84. The summed E-state index contributed by atoms with van der Waals surface area (Å²) in [5.74, 6) is 1.16. The molecule has 4 heteroatoms. The van der Waals surface area contributed by atoms with Crippen molar-refractivity contribution in [2.24, 2.45) is 11.8 Å². The fraction of sp³-hybridized carbons (Fsp3) is 1.00. The molecule has 0 aliphatic carbocycles. The molecule has 0 N–H and O–H groups in total. The van der Waals surface area contributed by atoms with Gasteiger partial charge in [-0.15, -0.1) is 0 Å². The largest absolute Gasteiger partial charge is 0.216 e. The quantitative estimate of drug-likeness (QED) is 0.696. The van der Waals surface area contributed by atoms with Crippen LogP contribution in [0.25, 0.3) is 0 Å². The van der Waals surface area contributed by atoms with Gasteiger partial charge in [0.25, 0.3) is 0 Å². The summed E-state index contributed by atoms with van der Waals surface area (Å²) in [4.78, 5) is 0. The van der Waals surface area contributed by atoms with E-state index in [4.69, 9.17) is 0 Å². The molecule has 1 heterocycles. The van der Waals surface area contributed by atoms with Crippen LogP contribution in [-0.2, 0) is 10.0 Å². The van der Waals surface area contributed by atoms with Gasteiger partial charge in [-0.25, -0.2) is 12.7 Å². The van der Waals surface area contributed by atoms with Crippen molar-refractivity contribution in [1.82, 2.24) is 4.31 Å². The van der Waals surface area contributed by atoms with Gasteiger partial charge >= 0.3 is 0 Å². The summed E-state index contributed by atoms with van der Waals surface area (Å²) in [6, 6.07) is 0. The molecule has 1 saturated heterocycles. The molecule has 0 saturated carbocycles. The van der Waals surface area contributed by atoms with E-state index in [2.05, 4.69) is 13.8 Å². The summed E-state index contributed by atoms with van der Waals surface area (Å²) in [5.41, 5.74) is 0. The summed E-state index contributed by atoms with van der Waals surface area (Å²) >= 11 is 0. The highest BCUT2D eigenvalue weighted by Crippen LogP contribution is 2.27. The lowest BCUT2D eigenvalue weighted by molar-refractivity contribution is 0.151. The molecule has 1 rings (SSSR count). The first kappa shape index (κ1) is 11.0. The van der Waals surface area contributed by atoms with Gasteiger partial charge in [-0.1, -0.05) is 13.8 Å². The highest BCUT2D eigenvalue weighted by Gasteiger charge is 2.38. The van der Waals surface area contributed by atoms with Gasteiger partial charge in [-0.2, -0.15) is 0 Å². The molecule has 0 aromatic carbocycles. The van der Waals surface area contributed by atoms with E-state index in [-0.39, 0.29) is 5.25 Å². The van der Waals surface area contributed by atoms with Crippen LogP contribution in [-0.4, -0.2) is 31.1 Å². The molecule has 0 atom stereocenters. The second-order valence-electron chi connectivity index (χ2n) is 4.41. The van der Waals surface area contributed by atoms with Crippen molar-refractivity contribution in [3.63, 3.8) is 0 Å². The lowest BCUT2D eigenvalue weighted by atomic mass is 9.91. The molecule has 0 aromatic heterocycles. The second-order valence-corrected chi connectivity index (χ2v) is 6.90. The lowest BCUT2D eigenvalue weighted by Gasteiger charge is -2.41. The van der Waals surface area contributed by atoms with Crippen LogP contribution in [0.5, 0.6) is 0 Å². The molecule has 3 nitrogen and oxygen atoms in total. The van der Waals surface area contributed by atoms with Crippen LogP contribution in [0.4, 0.5) is 0 Å². The average molecular weight is 205 g/mol. The van der Waals surface area contributed by atoms with Crippen LogP contribution >= 0.6 is 0 Å². The van der Waals surface area contributed by atoms with Gasteiger partial charge in [-0.3, -0.25) is 0 Å². The third-order valence-electron chi connectivity index (χ3n) is 2.77. The van der Waals surface area contributed by atoms with Gasteiger partial charge in [0.2, 0.25) is 10.0 Å². The zero-order valence-corrected chi connectivity index (χ0v) is 9.63. The molecule has 0 bridgehead atoms. The maximum Gasteiger partial charge on any atom is 0.216 e. The maximum absolute atomic E-state index is 11.6. The van der Waals surface area contributed by atoms with Crippen LogP contribution in [0, 0.1) is 11.8 Å². The molecule has 0 radical (unpaired) electrons. The summed E-state index contributed by atoms with van der Waals surface area (Å²) in [7, 11) is -2.97. The Morgan fingerprint density at radius 2 is 1.62 bits per heavy atom. The smallest absolute Gasteiger partial charge is 0.212 e. The Kier molecular flexibility index (Phi) is 3.02. The summed E-state index contributed by atoms with van der Waals surface area (Å²) in [6.45, 7) is 9.19. The van der Waals surface area contributed by atoms with Gasteiger partial charge < -0.3 is 0 Å². The minimum atomic E-state index is -2.97. The Hall–Kier alpha value is -0.0900. The molecule has 0 amide bonds. The first-order valence-corrected chi connectivity index (χ1v) is 6.35. The van der Waals surface area contributed by atoms with E-state index >= 15 is 0 Å². The molecule has 0 spiro atoms. The standard InChI is InChI=1S/C9H19NO2S/c1-7(2)9-5-10(6-9)13(11,12)8(3)4/h7-9H,5-6H2,1-4H3. The minimum Gasteiger partial charge on any atom is -0.212 e. The fourth-order valence-electron chi connectivity index (χ4n) is 1.40. The summed E-state index contributed by atoms with van der Waals surface area (Å²) in [5, 5.41) is -0.277.